The molecule has 2 amide bonds. The number of piperazine rings is 1. The van der Waals surface area contributed by atoms with Crippen molar-refractivity contribution in [3.8, 4) is 11.3 Å². The van der Waals surface area contributed by atoms with Gasteiger partial charge in [0.1, 0.15) is 6.54 Å². The molecule has 1 aromatic carbocycles. The van der Waals surface area contributed by atoms with Gasteiger partial charge in [0.05, 0.1) is 12.0 Å². The molecule has 0 spiro atoms. The van der Waals surface area contributed by atoms with E-state index in [2.05, 4.69) is 4.98 Å². The second-order valence-corrected chi connectivity index (χ2v) is 6.57. The number of hydrogen-bond acceptors (Lipinski definition) is 4. The van der Waals surface area contributed by atoms with Crippen LogP contribution in [-0.4, -0.2) is 57.3 Å². The first-order valence-corrected chi connectivity index (χ1v) is 8.67. The topological polar surface area (TPSA) is 75.5 Å². The van der Waals surface area contributed by atoms with Gasteiger partial charge in [0.2, 0.25) is 11.8 Å². The fraction of sp³-hybridized carbons (Fsp3) is 0.333. The summed E-state index contributed by atoms with van der Waals surface area (Å²) in [6.07, 6.45) is 1.38. The van der Waals surface area contributed by atoms with Crippen LogP contribution >= 0.6 is 11.6 Å². The first-order chi connectivity index (χ1) is 12.4. The maximum Gasteiger partial charge on any atom is 0.254 e. The molecule has 1 aliphatic heterocycles. The minimum Gasteiger partial charge on any atom is -0.339 e. The number of amides is 2. The smallest absolute Gasteiger partial charge is 0.254 e. The van der Waals surface area contributed by atoms with Crippen LogP contribution in [0.3, 0.4) is 0 Å². The fourth-order valence-electron chi connectivity index (χ4n) is 2.84. The lowest BCUT2D eigenvalue weighted by atomic mass is 10.1. The van der Waals surface area contributed by atoms with Crippen molar-refractivity contribution in [2.24, 2.45) is 0 Å². The van der Waals surface area contributed by atoms with E-state index in [0.29, 0.717) is 36.9 Å². The predicted molar refractivity (Wildman–Crippen MR) is 97.8 cm³/mol. The van der Waals surface area contributed by atoms with Gasteiger partial charge in [-0.2, -0.15) is 0 Å². The molecule has 1 saturated heterocycles. The Kier molecular flexibility index (Phi) is 5.37. The van der Waals surface area contributed by atoms with Crippen molar-refractivity contribution in [2.75, 3.05) is 26.2 Å². The van der Waals surface area contributed by atoms with E-state index in [1.165, 1.54) is 23.9 Å². The van der Waals surface area contributed by atoms with Gasteiger partial charge in [-0.25, -0.2) is 4.98 Å². The lowest BCUT2D eigenvalue weighted by molar-refractivity contribution is -0.138. The predicted octanol–water partition coefficient (Wildman–Crippen LogP) is 1.25. The Morgan fingerprint density at radius 3 is 2.27 bits per heavy atom. The number of benzene rings is 1. The Balaban J connectivity index is 1.67. The number of rotatable bonds is 3. The van der Waals surface area contributed by atoms with Crippen molar-refractivity contribution >= 4 is 23.4 Å². The SMILES string of the molecule is CC(=O)N1CCN(C(=O)Cn2cnc(-c3ccc(Cl)cc3)cc2=O)CC1. The van der Waals surface area contributed by atoms with E-state index < -0.39 is 0 Å². The zero-order valence-corrected chi connectivity index (χ0v) is 15.1. The summed E-state index contributed by atoms with van der Waals surface area (Å²) in [6.45, 7) is 3.44. The molecule has 0 bridgehead atoms. The van der Waals surface area contributed by atoms with Crippen molar-refractivity contribution in [3.63, 3.8) is 0 Å². The molecule has 2 heterocycles. The number of hydrogen-bond donors (Lipinski definition) is 0. The summed E-state index contributed by atoms with van der Waals surface area (Å²) in [5.74, 6) is -0.147. The first-order valence-electron chi connectivity index (χ1n) is 8.30. The quantitative estimate of drug-likeness (QED) is 0.810. The Labute approximate surface area is 155 Å². The lowest BCUT2D eigenvalue weighted by Gasteiger charge is -2.34. The highest BCUT2D eigenvalue weighted by Gasteiger charge is 2.22. The molecule has 1 aliphatic rings. The maximum atomic E-state index is 12.4. The summed E-state index contributed by atoms with van der Waals surface area (Å²) in [7, 11) is 0. The average molecular weight is 375 g/mol. The van der Waals surface area contributed by atoms with E-state index >= 15 is 0 Å². The molecule has 8 heteroatoms. The van der Waals surface area contributed by atoms with Crippen molar-refractivity contribution in [1.82, 2.24) is 19.4 Å². The van der Waals surface area contributed by atoms with Crippen LogP contribution in [-0.2, 0) is 16.1 Å². The monoisotopic (exact) mass is 374 g/mol. The fourth-order valence-corrected chi connectivity index (χ4v) is 2.97. The molecule has 0 saturated carbocycles. The van der Waals surface area contributed by atoms with Crippen LogP contribution in [0.4, 0.5) is 0 Å². The number of aromatic nitrogens is 2. The molecule has 0 N–H and O–H groups in total. The van der Waals surface area contributed by atoms with E-state index in [1.807, 2.05) is 0 Å². The minimum absolute atomic E-state index is 0.00954. The Morgan fingerprint density at radius 1 is 1.08 bits per heavy atom. The molecule has 136 valence electrons. The van der Waals surface area contributed by atoms with Crippen LogP contribution in [0.15, 0.2) is 41.5 Å². The van der Waals surface area contributed by atoms with Gasteiger partial charge in [0, 0.05) is 49.8 Å². The van der Waals surface area contributed by atoms with E-state index in [9.17, 15) is 14.4 Å². The molecule has 26 heavy (non-hydrogen) atoms. The summed E-state index contributed by atoms with van der Waals surface area (Å²) in [4.78, 5) is 43.7. The summed E-state index contributed by atoms with van der Waals surface area (Å²) in [5, 5.41) is 0.609. The van der Waals surface area contributed by atoms with Crippen molar-refractivity contribution in [3.05, 3.63) is 52.0 Å². The van der Waals surface area contributed by atoms with Crippen LogP contribution in [0, 0.1) is 0 Å². The van der Waals surface area contributed by atoms with E-state index in [4.69, 9.17) is 11.6 Å². The molecule has 1 fully saturated rings. The molecule has 0 aliphatic carbocycles. The van der Waals surface area contributed by atoms with Gasteiger partial charge in [0.15, 0.2) is 0 Å². The standard InChI is InChI=1S/C18H19ClN4O3/c1-13(24)21-6-8-22(9-7-21)18(26)11-23-12-20-16(10-17(23)25)14-2-4-15(19)5-3-14/h2-5,10,12H,6-9,11H2,1H3. The van der Waals surface area contributed by atoms with Crippen LogP contribution in [0.5, 0.6) is 0 Å². The molecule has 7 nitrogen and oxygen atoms in total. The van der Waals surface area contributed by atoms with Gasteiger partial charge in [0.25, 0.3) is 5.56 Å². The molecule has 2 aromatic rings. The normalized spacial score (nSPS) is 14.4. The Hall–Kier alpha value is -2.67. The highest BCUT2D eigenvalue weighted by Crippen LogP contribution is 2.18. The second-order valence-electron chi connectivity index (χ2n) is 6.13. The van der Waals surface area contributed by atoms with Gasteiger partial charge in [-0.15, -0.1) is 0 Å². The summed E-state index contributed by atoms with van der Waals surface area (Å²) >= 11 is 5.86. The second kappa shape index (κ2) is 7.70. The van der Waals surface area contributed by atoms with Crippen molar-refractivity contribution < 1.29 is 9.59 Å². The molecular formula is C18H19ClN4O3. The molecular weight excluding hydrogens is 356 g/mol. The zero-order valence-electron chi connectivity index (χ0n) is 14.4. The van der Waals surface area contributed by atoms with Crippen LogP contribution in [0.25, 0.3) is 11.3 Å². The third-order valence-corrected chi connectivity index (χ3v) is 4.65. The highest BCUT2D eigenvalue weighted by atomic mass is 35.5. The van der Waals surface area contributed by atoms with Crippen molar-refractivity contribution in [2.45, 2.75) is 13.5 Å². The highest BCUT2D eigenvalue weighted by molar-refractivity contribution is 6.30. The third kappa shape index (κ3) is 4.11. The Bertz CT molecular complexity index is 871. The lowest BCUT2D eigenvalue weighted by Crippen LogP contribution is -2.51. The van der Waals surface area contributed by atoms with Gasteiger partial charge < -0.3 is 9.80 Å². The van der Waals surface area contributed by atoms with E-state index in [1.54, 1.807) is 34.1 Å². The molecule has 3 rings (SSSR count). The molecule has 0 radical (unpaired) electrons. The molecule has 0 unspecified atom stereocenters. The van der Waals surface area contributed by atoms with Gasteiger partial charge in [-0.3, -0.25) is 19.0 Å². The molecule has 1 aromatic heterocycles. The van der Waals surface area contributed by atoms with Crippen LogP contribution in [0.2, 0.25) is 5.02 Å². The Morgan fingerprint density at radius 2 is 1.69 bits per heavy atom. The number of nitrogens with zero attached hydrogens (tertiary/aromatic N) is 4. The van der Waals surface area contributed by atoms with Crippen LogP contribution in [0.1, 0.15) is 6.92 Å². The van der Waals surface area contributed by atoms with Gasteiger partial charge in [-0.1, -0.05) is 23.7 Å². The number of carbonyl (C=O) groups is 2. The summed E-state index contributed by atoms with van der Waals surface area (Å²) in [6, 6.07) is 8.44. The van der Waals surface area contributed by atoms with Gasteiger partial charge >= 0.3 is 0 Å². The van der Waals surface area contributed by atoms with Gasteiger partial charge in [-0.05, 0) is 12.1 Å². The maximum absolute atomic E-state index is 12.4. The number of halogens is 1. The molecule has 0 atom stereocenters. The average Bonchev–Trinajstić information content (AvgIpc) is 2.64. The first kappa shape index (κ1) is 18.1. The minimum atomic E-state index is -0.291. The largest absolute Gasteiger partial charge is 0.339 e. The van der Waals surface area contributed by atoms with E-state index in [0.717, 1.165) is 5.56 Å². The summed E-state index contributed by atoms with van der Waals surface area (Å²) < 4.78 is 1.29. The summed E-state index contributed by atoms with van der Waals surface area (Å²) in [5.41, 5.74) is 1.02. The van der Waals surface area contributed by atoms with Crippen LogP contribution < -0.4 is 5.56 Å². The van der Waals surface area contributed by atoms with Crippen molar-refractivity contribution in [1.29, 1.82) is 0 Å². The van der Waals surface area contributed by atoms with E-state index in [-0.39, 0.29) is 23.9 Å². The number of carbonyl (C=O) groups excluding carboxylic acids is 2. The zero-order chi connectivity index (χ0) is 18.7. The third-order valence-electron chi connectivity index (χ3n) is 4.40.